The lowest BCUT2D eigenvalue weighted by Gasteiger charge is -1.99. The first-order valence-corrected chi connectivity index (χ1v) is 3.27. The smallest absolute Gasteiger partial charge is 0.365 e. The van der Waals surface area contributed by atoms with Gasteiger partial charge in [0.25, 0.3) is 11.6 Å². The summed E-state index contributed by atoms with van der Waals surface area (Å²) in [5.41, 5.74) is 4.05. The van der Waals surface area contributed by atoms with Crippen LogP contribution in [0.1, 0.15) is 0 Å². The minimum absolute atomic E-state index is 0.353. The molecule has 1 amide bonds. The molecule has 0 saturated heterocycles. The Hall–Kier alpha value is -1.66. The van der Waals surface area contributed by atoms with Crippen molar-refractivity contribution in [2.45, 2.75) is 0 Å². The van der Waals surface area contributed by atoms with Gasteiger partial charge in [-0.15, -0.1) is 0 Å². The summed E-state index contributed by atoms with van der Waals surface area (Å²) in [5, 5.41) is 3.01. The molecule has 0 fully saturated rings. The molecular formula is C6H9FN2O4. The topological polar surface area (TPSA) is 91.0 Å². The van der Waals surface area contributed by atoms with Crippen molar-refractivity contribution in [1.29, 1.82) is 0 Å². The lowest BCUT2D eigenvalue weighted by atomic mass is 10.4. The number of hydrogen-bond acceptors (Lipinski definition) is 5. The van der Waals surface area contributed by atoms with E-state index in [0.29, 0.717) is 0 Å². The van der Waals surface area contributed by atoms with Crippen molar-refractivity contribution >= 4 is 17.6 Å². The molecule has 0 aromatic rings. The number of carbonyl (C=O) groups is 2. The summed E-state index contributed by atoms with van der Waals surface area (Å²) in [6.45, 7) is -1.13. The van der Waals surface area contributed by atoms with E-state index < -0.39 is 24.3 Å². The molecule has 0 aromatic heterocycles. The second-order valence-electron chi connectivity index (χ2n) is 1.82. The zero-order valence-electron chi connectivity index (χ0n) is 6.95. The molecule has 6 nitrogen and oxygen atoms in total. The molecule has 0 rings (SSSR count). The molecule has 0 aliphatic heterocycles. The van der Waals surface area contributed by atoms with Gasteiger partial charge < -0.3 is 15.3 Å². The van der Waals surface area contributed by atoms with Crippen LogP contribution >= 0.6 is 0 Å². The molecule has 0 spiro atoms. The first-order chi connectivity index (χ1) is 6.13. The van der Waals surface area contributed by atoms with Crippen LogP contribution in [0.3, 0.4) is 0 Å². The number of nitrogens with two attached hydrogens (primary N) is 1. The van der Waals surface area contributed by atoms with Crippen LogP contribution in [-0.4, -0.2) is 38.0 Å². The molecule has 0 aromatic carbocycles. The Labute approximate surface area is 73.5 Å². The van der Waals surface area contributed by atoms with Crippen LogP contribution in [0.4, 0.5) is 4.39 Å². The third-order valence-electron chi connectivity index (χ3n) is 0.936. The Bertz CT molecular complexity index is 229. The number of primary amides is 1. The number of methoxy groups -OCH3 is 1. The van der Waals surface area contributed by atoms with Gasteiger partial charge >= 0.3 is 5.97 Å². The minimum Gasteiger partial charge on any atom is -0.464 e. The van der Waals surface area contributed by atoms with Crippen LogP contribution in [0.5, 0.6) is 0 Å². The fraction of sp³-hybridized carbons (Fsp3) is 0.500. The summed E-state index contributed by atoms with van der Waals surface area (Å²) in [7, 11) is 1.05. The van der Waals surface area contributed by atoms with Gasteiger partial charge in [-0.1, -0.05) is 5.16 Å². The van der Waals surface area contributed by atoms with E-state index in [2.05, 4.69) is 14.7 Å². The van der Waals surface area contributed by atoms with Gasteiger partial charge in [0.2, 0.25) is 0 Å². The van der Waals surface area contributed by atoms with Crippen LogP contribution in [0.25, 0.3) is 0 Å². The lowest BCUT2D eigenvalue weighted by Crippen LogP contribution is -2.31. The predicted octanol–water partition coefficient (Wildman–Crippen LogP) is -1.01. The normalized spacial score (nSPS) is 10.8. The van der Waals surface area contributed by atoms with E-state index in [9.17, 15) is 14.0 Å². The zero-order chi connectivity index (χ0) is 10.3. The highest BCUT2D eigenvalue weighted by Gasteiger charge is 2.19. The van der Waals surface area contributed by atoms with Crippen molar-refractivity contribution in [3.63, 3.8) is 0 Å². The molecule has 0 aliphatic carbocycles. The van der Waals surface area contributed by atoms with Crippen molar-refractivity contribution in [3.05, 3.63) is 0 Å². The number of nitrogens with zero attached hydrogens (tertiary/aromatic N) is 1. The Balaban J connectivity index is 4.32. The molecular weight excluding hydrogens is 183 g/mol. The second-order valence-corrected chi connectivity index (χ2v) is 1.82. The van der Waals surface area contributed by atoms with Gasteiger partial charge in [-0.3, -0.25) is 4.79 Å². The van der Waals surface area contributed by atoms with Gasteiger partial charge in [-0.25, -0.2) is 9.18 Å². The predicted molar refractivity (Wildman–Crippen MR) is 40.6 cm³/mol. The van der Waals surface area contributed by atoms with Gasteiger partial charge in [0.05, 0.1) is 7.11 Å². The average Bonchev–Trinajstić information content (AvgIpc) is 2.11. The van der Waals surface area contributed by atoms with Crippen molar-refractivity contribution in [3.8, 4) is 0 Å². The number of rotatable bonds is 5. The van der Waals surface area contributed by atoms with Crippen molar-refractivity contribution in [2.24, 2.45) is 10.9 Å². The SMILES string of the molecule is COC(=O)/C(=N\OCCF)C(N)=O. The summed E-state index contributed by atoms with van der Waals surface area (Å²) in [4.78, 5) is 25.5. The molecule has 74 valence electrons. The van der Waals surface area contributed by atoms with E-state index in [1.807, 2.05) is 0 Å². The maximum absolute atomic E-state index is 11.5. The Morgan fingerprint density at radius 2 is 2.15 bits per heavy atom. The highest BCUT2D eigenvalue weighted by atomic mass is 19.1. The van der Waals surface area contributed by atoms with Gasteiger partial charge in [0.15, 0.2) is 0 Å². The van der Waals surface area contributed by atoms with Crippen LogP contribution in [0, 0.1) is 0 Å². The van der Waals surface area contributed by atoms with Crippen molar-refractivity contribution in [2.75, 3.05) is 20.4 Å². The number of hydrogen-bond donors (Lipinski definition) is 1. The Morgan fingerprint density at radius 3 is 2.54 bits per heavy atom. The molecule has 0 saturated carbocycles. The standard InChI is InChI=1S/C6H9FN2O4/c1-12-6(11)4(5(8)10)9-13-3-2-7/h2-3H2,1H3,(H2,8,10)/b9-4-. The van der Waals surface area contributed by atoms with Crippen molar-refractivity contribution < 1.29 is 23.6 Å². The molecule has 0 radical (unpaired) electrons. The molecule has 2 N–H and O–H groups in total. The number of halogens is 1. The van der Waals surface area contributed by atoms with Gasteiger partial charge in [0.1, 0.15) is 13.3 Å². The number of oxime groups is 1. The van der Waals surface area contributed by atoms with E-state index in [0.717, 1.165) is 7.11 Å². The second kappa shape index (κ2) is 5.92. The number of carbonyl (C=O) groups excluding carboxylic acids is 2. The summed E-state index contributed by atoms with van der Waals surface area (Å²) in [6.07, 6.45) is 0. The van der Waals surface area contributed by atoms with E-state index in [4.69, 9.17) is 5.73 Å². The quantitative estimate of drug-likeness (QED) is 0.198. The Kier molecular flexibility index (Phi) is 5.17. The Morgan fingerprint density at radius 1 is 1.54 bits per heavy atom. The van der Waals surface area contributed by atoms with Gasteiger partial charge in [0, 0.05) is 0 Å². The first kappa shape index (κ1) is 11.3. The highest BCUT2D eigenvalue weighted by Crippen LogP contribution is 1.86. The molecule has 0 atom stereocenters. The summed E-state index contributed by atoms with van der Waals surface area (Å²) in [5.74, 6) is -2.11. The number of esters is 1. The summed E-state index contributed by atoms with van der Waals surface area (Å²) >= 11 is 0. The molecule has 0 unspecified atom stereocenters. The van der Waals surface area contributed by atoms with E-state index >= 15 is 0 Å². The summed E-state index contributed by atoms with van der Waals surface area (Å²) < 4.78 is 15.7. The fourth-order valence-corrected chi connectivity index (χ4v) is 0.424. The van der Waals surface area contributed by atoms with E-state index in [-0.39, 0.29) is 6.61 Å². The monoisotopic (exact) mass is 192 g/mol. The maximum atomic E-state index is 11.5. The molecule has 0 aliphatic rings. The average molecular weight is 192 g/mol. The van der Waals surface area contributed by atoms with Crippen LogP contribution < -0.4 is 5.73 Å². The highest BCUT2D eigenvalue weighted by molar-refractivity contribution is 6.63. The van der Waals surface area contributed by atoms with Crippen molar-refractivity contribution in [1.82, 2.24) is 0 Å². The zero-order valence-corrected chi connectivity index (χ0v) is 6.95. The largest absolute Gasteiger partial charge is 0.464 e. The van der Waals surface area contributed by atoms with Gasteiger partial charge in [-0.05, 0) is 0 Å². The number of ether oxygens (including phenoxy) is 1. The van der Waals surface area contributed by atoms with Crippen LogP contribution in [-0.2, 0) is 19.2 Å². The van der Waals surface area contributed by atoms with E-state index in [1.54, 1.807) is 0 Å². The van der Waals surface area contributed by atoms with Gasteiger partial charge in [-0.2, -0.15) is 0 Å². The molecule has 7 heteroatoms. The third-order valence-corrected chi connectivity index (χ3v) is 0.936. The first-order valence-electron chi connectivity index (χ1n) is 3.27. The van der Waals surface area contributed by atoms with E-state index in [1.165, 1.54) is 0 Å². The minimum atomic E-state index is -1.09. The molecule has 0 heterocycles. The third kappa shape index (κ3) is 4.04. The lowest BCUT2D eigenvalue weighted by molar-refractivity contribution is -0.133. The van der Waals surface area contributed by atoms with Crippen LogP contribution in [0.15, 0.2) is 5.16 Å². The van der Waals surface area contributed by atoms with Crippen LogP contribution in [0.2, 0.25) is 0 Å². The number of amides is 1. The maximum Gasteiger partial charge on any atom is 0.365 e. The summed E-state index contributed by atoms with van der Waals surface area (Å²) in [6, 6.07) is 0. The molecule has 0 bridgehead atoms. The number of alkyl halides is 1. The fourth-order valence-electron chi connectivity index (χ4n) is 0.424. The molecule has 13 heavy (non-hydrogen) atoms.